The minimum Gasteiger partial charge on any atom is -0.358 e. The Hall–Kier alpha value is -3.37. The summed E-state index contributed by atoms with van der Waals surface area (Å²) in [5, 5.41) is 0. The van der Waals surface area contributed by atoms with Gasteiger partial charge in [-0.1, -0.05) is 109 Å². The molecule has 2 heterocycles. The van der Waals surface area contributed by atoms with Crippen LogP contribution >= 0.6 is 0 Å². The molecule has 7 nitrogen and oxygen atoms in total. The Bertz CT molecular complexity index is 1490. The summed E-state index contributed by atoms with van der Waals surface area (Å²) < 4.78 is 58.1. The van der Waals surface area contributed by atoms with E-state index in [4.69, 9.17) is 23.1 Å². The first-order valence-corrected chi connectivity index (χ1v) is 15.4. The zero-order valence-electron chi connectivity index (χ0n) is 23.8. The second kappa shape index (κ2) is 11.4. The Morgan fingerprint density at radius 3 is 1.74 bits per heavy atom. The van der Waals surface area contributed by atoms with Gasteiger partial charge in [-0.15, -0.1) is 0 Å². The van der Waals surface area contributed by atoms with Crippen molar-refractivity contribution in [2.75, 3.05) is 6.61 Å². The van der Waals surface area contributed by atoms with Crippen LogP contribution in [0.15, 0.2) is 120 Å². The maximum Gasteiger partial charge on any atom is 0.297 e. The van der Waals surface area contributed by atoms with Crippen molar-refractivity contribution in [1.29, 1.82) is 0 Å². The molecule has 0 radical (unpaired) electrons. The molecular formula is C34H34O7S. The predicted octanol–water partition coefficient (Wildman–Crippen LogP) is 5.95. The first-order valence-electron chi connectivity index (χ1n) is 14.0. The van der Waals surface area contributed by atoms with Crippen LogP contribution in [-0.2, 0) is 38.8 Å². The Morgan fingerprint density at radius 1 is 0.738 bits per heavy atom. The zero-order chi connectivity index (χ0) is 29.4. The number of benzene rings is 4. The fraction of sp³-hybridized carbons (Fsp3) is 0.294. The molecule has 0 bridgehead atoms. The normalized spacial score (nSPS) is 23.5. The van der Waals surface area contributed by atoms with Crippen LogP contribution in [0.2, 0.25) is 0 Å². The summed E-state index contributed by atoms with van der Waals surface area (Å²) in [6.07, 6.45) is -3.41. The van der Waals surface area contributed by atoms with Crippen molar-refractivity contribution in [2.24, 2.45) is 0 Å². The van der Waals surface area contributed by atoms with E-state index in [1.807, 2.05) is 97.9 Å². The van der Waals surface area contributed by atoms with Crippen molar-refractivity contribution >= 4 is 10.1 Å². The maximum atomic E-state index is 13.4. The van der Waals surface area contributed by atoms with Crippen LogP contribution in [0.3, 0.4) is 0 Å². The minimum atomic E-state index is -4.15. The largest absolute Gasteiger partial charge is 0.358 e. The molecule has 4 aromatic rings. The highest BCUT2D eigenvalue weighted by Gasteiger charge is 2.57. The molecule has 42 heavy (non-hydrogen) atoms. The molecule has 8 heteroatoms. The molecule has 218 valence electrons. The molecule has 0 aromatic heterocycles. The van der Waals surface area contributed by atoms with Gasteiger partial charge in [0.05, 0.1) is 11.5 Å². The topological polar surface area (TPSA) is 80.3 Å². The summed E-state index contributed by atoms with van der Waals surface area (Å²) in [6, 6.07) is 36.4. The first kappa shape index (κ1) is 28.7. The van der Waals surface area contributed by atoms with Crippen LogP contribution in [0.5, 0.6) is 0 Å². The lowest BCUT2D eigenvalue weighted by Crippen LogP contribution is -2.43. The van der Waals surface area contributed by atoms with Gasteiger partial charge in [0.1, 0.15) is 23.9 Å². The van der Waals surface area contributed by atoms with Gasteiger partial charge < -0.3 is 18.9 Å². The van der Waals surface area contributed by atoms with E-state index in [1.54, 1.807) is 26.0 Å². The van der Waals surface area contributed by atoms with E-state index in [1.165, 1.54) is 12.1 Å². The molecule has 0 unspecified atom stereocenters. The first-order chi connectivity index (χ1) is 20.2. The van der Waals surface area contributed by atoms with E-state index in [0.29, 0.717) is 0 Å². The number of hydrogen-bond donors (Lipinski definition) is 0. The molecule has 4 atom stereocenters. The Labute approximate surface area is 247 Å². The number of aryl methyl sites for hydroxylation is 1. The van der Waals surface area contributed by atoms with Crippen molar-refractivity contribution in [3.63, 3.8) is 0 Å². The molecule has 2 fully saturated rings. The lowest BCUT2D eigenvalue weighted by molar-refractivity contribution is -0.221. The molecule has 4 aromatic carbocycles. The second-order valence-electron chi connectivity index (χ2n) is 11.1. The molecule has 0 amide bonds. The van der Waals surface area contributed by atoms with Gasteiger partial charge >= 0.3 is 0 Å². The average Bonchev–Trinajstić information content (AvgIpc) is 3.46. The van der Waals surface area contributed by atoms with Crippen molar-refractivity contribution in [3.8, 4) is 0 Å². The van der Waals surface area contributed by atoms with Crippen LogP contribution < -0.4 is 0 Å². The fourth-order valence-electron chi connectivity index (χ4n) is 5.68. The van der Waals surface area contributed by atoms with Crippen molar-refractivity contribution in [3.05, 3.63) is 138 Å². The summed E-state index contributed by atoms with van der Waals surface area (Å²) >= 11 is 0. The van der Waals surface area contributed by atoms with Crippen LogP contribution in [0.4, 0.5) is 0 Å². The lowest BCUT2D eigenvalue weighted by atomic mass is 9.80. The maximum absolute atomic E-state index is 13.4. The molecule has 0 saturated carbocycles. The third-order valence-corrected chi connectivity index (χ3v) is 8.96. The molecule has 2 saturated heterocycles. The third-order valence-electron chi connectivity index (χ3n) is 7.64. The number of fused-ring (bicyclic) bond motifs is 1. The quantitative estimate of drug-likeness (QED) is 0.177. The van der Waals surface area contributed by atoms with E-state index in [-0.39, 0.29) is 11.5 Å². The summed E-state index contributed by atoms with van der Waals surface area (Å²) in [6.45, 7) is 5.41. The van der Waals surface area contributed by atoms with Gasteiger partial charge in [0.25, 0.3) is 10.1 Å². The molecule has 2 aliphatic rings. The van der Waals surface area contributed by atoms with E-state index in [0.717, 1.165) is 22.3 Å². The van der Waals surface area contributed by atoms with Crippen LogP contribution in [0, 0.1) is 6.92 Å². The minimum absolute atomic E-state index is 0.00703. The molecular weight excluding hydrogens is 552 g/mol. The highest BCUT2D eigenvalue weighted by molar-refractivity contribution is 7.86. The summed E-state index contributed by atoms with van der Waals surface area (Å²) in [7, 11) is -4.15. The predicted molar refractivity (Wildman–Crippen MR) is 157 cm³/mol. The molecule has 0 spiro atoms. The van der Waals surface area contributed by atoms with Gasteiger partial charge in [-0.05, 0) is 49.6 Å². The van der Waals surface area contributed by atoms with E-state index in [9.17, 15) is 8.42 Å². The Morgan fingerprint density at radius 2 is 1.24 bits per heavy atom. The lowest BCUT2D eigenvalue weighted by Gasteiger charge is -2.37. The van der Waals surface area contributed by atoms with Gasteiger partial charge in [0.15, 0.2) is 12.1 Å². The van der Waals surface area contributed by atoms with Crippen LogP contribution in [0.1, 0.15) is 36.1 Å². The number of hydrogen-bond acceptors (Lipinski definition) is 7. The summed E-state index contributed by atoms with van der Waals surface area (Å²) in [5.41, 5.74) is 2.67. The zero-order valence-corrected chi connectivity index (χ0v) is 24.6. The number of rotatable bonds is 9. The van der Waals surface area contributed by atoms with Crippen molar-refractivity contribution in [2.45, 2.75) is 61.7 Å². The van der Waals surface area contributed by atoms with Crippen LogP contribution in [0.25, 0.3) is 0 Å². The Balaban J connectivity index is 1.38. The number of ether oxygens (including phenoxy) is 4. The molecule has 0 aliphatic carbocycles. The summed E-state index contributed by atoms with van der Waals surface area (Å²) in [4.78, 5) is 0.0570. The van der Waals surface area contributed by atoms with E-state index < -0.39 is 46.1 Å². The standard InChI is InChI=1S/C34H34O7S/c1-24-19-21-28(22-20-24)42(35,36)41-30-29(38-32-31(30)39-33(2,3)40-32)23-37-34(25-13-7-4-8-14-25,26-15-9-5-10-16-26)27-17-11-6-12-18-27/h4-22,29-32H,23H2,1-3H3/t29-,30+,31-,32+/m1/s1. The van der Waals surface area contributed by atoms with Crippen molar-refractivity contribution in [1.82, 2.24) is 0 Å². The monoisotopic (exact) mass is 586 g/mol. The smallest absolute Gasteiger partial charge is 0.297 e. The average molecular weight is 587 g/mol. The van der Waals surface area contributed by atoms with Gasteiger partial charge in [-0.25, -0.2) is 0 Å². The van der Waals surface area contributed by atoms with E-state index >= 15 is 0 Å². The third kappa shape index (κ3) is 5.54. The highest BCUT2D eigenvalue weighted by Crippen LogP contribution is 2.44. The van der Waals surface area contributed by atoms with E-state index in [2.05, 4.69) is 0 Å². The fourth-order valence-corrected chi connectivity index (χ4v) is 6.79. The van der Waals surface area contributed by atoms with Gasteiger partial charge in [-0.2, -0.15) is 8.42 Å². The molecule has 0 N–H and O–H groups in total. The SMILES string of the molecule is Cc1ccc(S(=O)(=O)O[C@@H]2[C@H]3OC(C)(C)O[C@@H]3O[C@@H]2COC(c2ccccc2)(c2ccccc2)c2ccccc2)cc1. The Kier molecular flexibility index (Phi) is 7.78. The molecule has 6 rings (SSSR count). The summed E-state index contributed by atoms with van der Waals surface area (Å²) in [5.74, 6) is -0.960. The van der Waals surface area contributed by atoms with Crippen molar-refractivity contribution < 1.29 is 31.5 Å². The van der Waals surface area contributed by atoms with Gasteiger partial charge in [0, 0.05) is 0 Å². The van der Waals surface area contributed by atoms with Gasteiger partial charge in [0.2, 0.25) is 0 Å². The van der Waals surface area contributed by atoms with Gasteiger partial charge in [-0.3, -0.25) is 4.18 Å². The van der Waals surface area contributed by atoms with Crippen LogP contribution in [-0.4, -0.2) is 45.4 Å². The second-order valence-corrected chi connectivity index (χ2v) is 12.6. The highest BCUT2D eigenvalue weighted by atomic mass is 32.2. The molecule has 2 aliphatic heterocycles.